The highest BCUT2D eigenvalue weighted by atomic mass is 32.2. The molecule has 0 spiro atoms. The van der Waals surface area contributed by atoms with Crippen LogP contribution in [0, 0.1) is 0 Å². The van der Waals surface area contributed by atoms with Gasteiger partial charge >= 0.3 is 5.97 Å². The van der Waals surface area contributed by atoms with Crippen LogP contribution >= 0.6 is 0 Å². The largest absolute Gasteiger partial charge is 0.452 e. The maximum Gasteiger partial charge on any atom is 0.339 e. The fraction of sp³-hybridized carbons (Fsp3) is 0.474. The second-order valence-corrected chi connectivity index (χ2v) is 8.43. The predicted octanol–water partition coefficient (Wildman–Crippen LogP) is 2.64. The lowest BCUT2D eigenvalue weighted by atomic mass is 9.97. The number of esters is 1. The number of amides is 1. The summed E-state index contributed by atoms with van der Waals surface area (Å²) in [6.07, 6.45) is 7.62. The monoisotopic (exact) mass is 379 g/mol. The molecule has 1 aromatic carbocycles. The molecule has 0 aromatic heterocycles. The predicted molar refractivity (Wildman–Crippen MR) is 98.6 cm³/mol. The summed E-state index contributed by atoms with van der Waals surface area (Å²) in [4.78, 5) is 23.9. The van der Waals surface area contributed by atoms with Gasteiger partial charge in [-0.3, -0.25) is 4.79 Å². The Labute approximate surface area is 154 Å². The van der Waals surface area contributed by atoms with E-state index in [1.165, 1.54) is 37.5 Å². The molecular weight excluding hydrogens is 354 g/mol. The SMILES string of the molecule is CCS(=O)(=O)c1ccccc1C(=O)OCC(=O)NCCC1=CCCCC1. The number of hydrogen-bond acceptors (Lipinski definition) is 5. The van der Waals surface area contributed by atoms with E-state index < -0.39 is 28.3 Å². The highest BCUT2D eigenvalue weighted by Gasteiger charge is 2.22. The van der Waals surface area contributed by atoms with E-state index >= 15 is 0 Å². The van der Waals surface area contributed by atoms with Gasteiger partial charge in [0.1, 0.15) is 0 Å². The van der Waals surface area contributed by atoms with Gasteiger partial charge in [-0.2, -0.15) is 0 Å². The van der Waals surface area contributed by atoms with E-state index in [2.05, 4.69) is 11.4 Å². The van der Waals surface area contributed by atoms with Crippen LogP contribution in [0.4, 0.5) is 0 Å². The zero-order valence-corrected chi connectivity index (χ0v) is 15.8. The molecule has 142 valence electrons. The van der Waals surface area contributed by atoms with Crippen LogP contribution in [0.15, 0.2) is 40.8 Å². The maximum absolute atomic E-state index is 12.2. The number of rotatable bonds is 8. The lowest BCUT2D eigenvalue weighted by Gasteiger charge is -2.13. The molecule has 0 fully saturated rings. The Balaban J connectivity index is 1.85. The van der Waals surface area contributed by atoms with Crippen molar-refractivity contribution in [2.24, 2.45) is 0 Å². The van der Waals surface area contributed by atoms with E-state index in [1.807, 2.05) is 0 Å². The van der Waals surface area contributed by atoms with E-state index in [4.69, 9.17) is 4.74 Å². The summed E-state index contributed by atoms with van der Waals surface area (Å²) in [6.45, 7) is 1.58. The molecule has 0 saturated heterocycles. The molecule has 7 heteroatoms. The third-order valence-corrected chi connectivity index (χ3v) is 6.10. The Morgan fingerprint density at radius 3 is 2.65 bits per heavy atom. The fourth-order valence-corrected chi connectivity index (χ4v) is 3.90. The van der Waals surface area contributed by atoms with Gasteiger partial charge in [-0.25, -0.2) is 13.2 Å². The van der Waals surface area contributed by atoms with Crippen molar-refractivity contribution in [2.75, 3.05) is 18.9 Å². The quantitative estimate of drug-likeness (QED) is 0.554. The summed E-state index contributed by atoms with van der Waals surface area (Å²) in [5.41, 5.74) is 1.31. The minimum Gasteiger partial charge on any atom is -0.452 e. The summed E-state index contributed by atoms with van der Waals surface area (Å²) >= 11 is 0. The third kappa shape index (κ3) is 5.69. The minimum absolute atomic E-state index is 0.0467. The smallest absolute Gasteiger partial charge is 0.339 e. The summed E-state index contributed by atoms with van der Waals surface area (Å²) < 4.78 is 29.1. The number of allylic oxidation sites excluding steroid dienone is 1. The van der Waals surface area contributed by atoms with Crippen LogP contribution in [0.3, 0.4) is 0 Å². The molecule has 1 N–H and O–H groups in total. The molecule has 0 aliphatic heterocycles. The summed E-state index contributed by atoms with van der Waals surface area (Å²) in [5.74, 6) is -1.33. The van der Waals surface area contributed by atoms with Gasteiger partial charge < -0.3 is 10.1 Å². The van der Waals surface area contributed by atoms with Gasteiger partial charge in [0.25, 0.3) is 5.91 Å². The number of sulfone groups is 1. The van der Waals surface area contributed by atoms with E-state index in [9.17, 15) is 18.0 Å². The number of carbonyl (C=O) groups is 2. The maximum atomic E-state index is 12.2. The average Bonchev–Trinajstić information content (AvgIpc) is 2.67. The fourth-order valence-electron chi connectivity index (χ4n) is 2.82. The van der Waals surface area contributed by atoms with E-state index in [-0.39, 0.29) is 16.2 Å². The molecule has 1 amide bonds. The number of carbonyl (C=O) groups excluding carboxylic acids is 2. The minimum atomic E-state index is -3.55. The van der Waals surface area contributed by atoms with Crippen molar-refractivity contribution in [1.82, 2.24) is 5.32 Å². The van der Waals surface area contributed by atoms with Crippen molar-refractivity contribution < 1.29 is 22.7 Å². The van der Waals surface area contributed by atoms with Gasteiger partial charge in [-0.05, 0) is 44.2 Å². The van der Waals surface area contributed by atoms with Crippen molar-refractivity contribution in [2.45, 2.75) is 43.9 Å². The molecule has 1 aliphatic carbocycles. The molecule has 0 radical (unpaired) electrons. The molecule has 0 bridgehead atoms. The second kappa shape index (κ2) is 9.52. The molecule has 26 heavy (non-hydrogen) atoms. The van der Waals surface area contributed by atoms with E-state index in [0.717, 1.165) is 19.3 Å². The Kier molecular flexibility index (Phi) is 7.38. The van der Waals surface area contributed by atoms with Crippen LogP contribution in [-0.2, 0) is 19.4 Å². The number of benzene rings is 1. The number of ether oxygens (including phenoxy) is 1. The molecule has 0 heterocycles. The molecule has 0 unspecified atom stereocenters. The summed E-state index contributed by atoms with van der Waals surface area (Å²) in [6, 6.07) is 5.86. The number of nitrogens with one attached hydrogen (secondary N) is 1. The lowest BCUT2D eigenvalue weighted by molar-refractivity contribution is -0.124. The topological polar surface area (TPSA) is 89.5 Å². The standard InChI is InChI=1S/C19H25NO5S/c1-2-26(23,24)17-11-7-6-10-16(17)19(22)25-14-18(21)20-13-12-15-8-4-3-5-9-15/h6-8,10-11H,2-5,9,12-14H2,1H3,(H,20,21). The average molecular weight is 379 g/mol. The number of hydrogen-bond donors (Lipinski definition) is 1. The van der Waals surface area contributed by atoms with Gasteiger partial charge in [0.2, 0.25) is 0 Å². The molecule has 0 atom stereocenters. The van der Waals surface area contributed by atoms with Crippen LogP contribution in [0.5, 0.6) is 0 Å². The summed E-state index contributed by atoms with van der Waals surface area (Å²) in [7, 11) is -3.55. The van der Waals surface area contributed by atoms with Crippen LogP contribution < -0.4 is 5.32 Å². The first-order valence-corrected chi connectivity index (χ1v) is 10.5. The lowest BCUT2D eigenvalue weighted by Crippen LogP contribution is -2.30. The van der Waals surface area contributed by atoms with Crippen LogP contribution in [0.1, 0.15) is 49.4 Å². The van der Waals surface area contributed by atoms with Gasteiger partial charge in [-0.15, -0.1) is 0 Å². The third-order valence-electron chi connectivity index (χ3n) is 4.31. The Morgan fingerprint density at radius 2 is 1.96 bits per heavy atom. The van der Waals surface area contributed by atoms with Crippen molar-refractivity contribution in [3.8, 4) is 0 Å². The van der Waals surface area contributed by atoms with Gasteiger partial charge in [0, 0.05) is 6.54 Å². The van der Waals surface area contributed by atoms with Crippen molar-refractivity contribution >= 4 is 21.7 Å². The zero-order chi connectivity index (χ0) is 19.0. The van der Waals surface area contributed by atoms with Crippen molar-refractivity contribution in [3.63, 3.8) is 0 Å². The van der Waals surface area contributed by atoms with Gasteiger partial charge in [0.15, 0.2) is 16.4 Å². The Morgan fingerprint density at radius 1 is 1.19 bits per heavy atom. The van der Waals surface area contributed by atoms with Crippen molar-refractivity contribution in [1.29, 1.82) is 0 Å². The molecule has 6 nitrogen and oxygen atoms in total. The van der Waals surface area contributed by atoms with E-state index in [1.54, 1.807) is 12.1 Å². The normalized spacial score (nSPS) is 14.4. The molecule has 0 saturated carbocycles. The van der Waals surface area contributed by atoms with Gasteiger partial charge in [-0.1, -0.05) is 30.7 Å². The zero-order valence-electron chi connectivity index (χ0n) is 15.0. The van der Waals surface area contributed by atoms with Crippen LogP contribution in [-0.4, -0.2) is 39.2 Å². The van der Waals surface area contributed by atoms with Crippen LogP contribution in [0.2, 0.25) is 0 Å². The second-order valence-electron chi connectivity index (χ2n) is 6.18. The summed E-state index contributed by atoms with van der Waals surface area (Å²) in [5, 5.41) is 2.72. The first kappa shape index (κ1) is 20.2. The molecule has 1 aromatic rings. The van der Waals surface area contributed by atoms with Crippen molar-refractivity contribution in [3.05, 3.63) is 41.5 Å². The molecular formula is C19H25NO5S. The molecule has 1 aliphatic rings. The first-order chi connectivity index (χ1) is 12.4. The highest BCUT2D eigenvalue weighted by Crippen LogP contribution is 2.19. The van der Waals surface area contributed by atoms with Crippen LogP contribution in [0.25, 0.3) is 0 Å². The highest BCUT2D eigenvalue weighted by molar-refractivity contribution is 7.91. The molecule has 2 rings (SSSR count). The first-order valence-electron chi connectivity index (χ1n) is 8.87. The Hall–Kier alpha value is -2.15. The van der Waals surface area contributed by atoms with Gasteiger partial charge in [0.05, 0.1) is 16.2 Å². The Bertz CT molecular complexity index is 783. The van der Waals surface area contributed by atoms with E-state index in [0.29, 0.717) is 6.54 Å².